The van der Waals surface area contributed by atoms with Crippen LogP contribution in [0.1, 0.15) is 21.7 Å². The van der Waals surface area contributed by atoms with Gasteiger partial charge in [-0.05, 0) is 51.1 Å². The number of rotatable bonds is 5. The molecule has 0 bridgehead atoms. The minimum atomic E-state index is -4.76. The van der Waals surface area contributed by atoms with Gasteiger partial charge in [0, 0.05) is 11.2 Å². The zero-order chi connectivity index (χ0) is 25.6. The number of anilines is 1. The molecule has 0 radical (unpaired) electrons. The first-order chi connectivity index (χ1) is 17.1. The van der Waals surface area contributed by atoms with Crippen LogP contribution in [0.3, 0.4) is 0 Å². The van der Waals surface area contributed by atoms with Gasteiger partial charge in [0.05, 0.1) is 21.6 Å². The molecule has 0 atom stereocenters. The van der Waals surface area contributed by atoms with E-state index in [2.05, 4.69) is 36.4 Å². The molecule has 184 valence electrons. The lowest BCUT2D eigenvalue weighted by Crippen LogP contribution is -2.16. The van der Waals surface area contributed by atoms with Gasteiger partial charge in [-0.15, -0.1) is 11.3 Å². The van der Waals surface area contributed by atoms with E-state index in [0.29, 0.717) is 25.4 Å². The van der Waals surface area contributed by atoms with E-state index in [0.717, 1.165) is 11.6 Å². The molecular weight excluding hydrogens is 604 g/mol. The summed E-state index contributed by atoms with van der Waals surface area (Å²) in [5.74, 6) is -0.695. The van der Waals surface area contributed by atoms with Crippen LogP contribution in [0.5, 0.6) is 0 Å². The summed E-state index contributed by atoms with van der Waals surface area (Å²) in [4.78, 5) is 17.7. The molecule has 1 amide bonds. The molecule has 36 heavy (non-hydrogen) atoms. The highest BCUT2D eigenvalue weighted by molar-refractivity contribution is 9.10. The summed E-state index contributed by atoms with van der Waals surface area (Å²) in [6.07, 6.45) is -3.12. The number of alkyl halides is 3. The van der Waals surface area contributed by atoms with Crippen molar-refractivity contribution in [3.05, 3.63) is 85.5 Å². The molecule has 0 fully saturated rings. The van der Waals surface area contributed by atoms with Crippen molar-refractivity contribution in [2.75, 3.05) is 5.32 Å². The predicted octanol–water partition coefficient (Wildman–Crippen LogP) is 7.04. The third-order valence-electron chi connectivity index (χ3n) is 5.02. The lowest BCUT2D eigenvalue weighted by molar-refractivity contribution is -0.142. The molecule has 1 aromatic carbocycles. The number of benzene rings is 1. The van der Waals surface area contributed by atoms with Crippen LogP contribution in [0.4, 0.5) is 19.0 Å². The number of hydrogen-bond acceptors (Lipinski definition) is 5. The minimum absolute atomic E-state index is 0.0715. The summed E-state index contributed by atoms with van der Waals surface area (Å²) < 4.78 is 44.1. The Bertz CT molecular complexity index is 1580. The third kappa shape index (κ3) is 4.85. The maximum atomic E-state index is 13.8. The summed E-state index contributed by atoms with van der Waals surface area (Å²) in [5, 5.41) is 12.7. The average Bonchev–Trinajstić information content (AvgIpc) is 3.55. The number of thiophene rings is 1. The normalized spacial score (nSPS) is 11.8. The molecule has 4 heterocycles. The molecule has 5 rings (SSSR count). The zero-order valence-corrected chi connectivity index (χ0v) is 21.6. The van der Waals surface area contributed by atoms with Crippen LogP contribution in [0.15, 0.2) is 58.5 Å². The van der Waals surface area contributed by atoms with E-state index < -0.39 is 23.5 Å². The molecule has 5 aromatic rings. The highest BCUT2D eigenvalue weighted by atomic mass is 79.9. The summed E-state index contributed by atoms with van der Waals surface area (Å²) in [5.41, 5.74) is -0.819. The molecule has 1 N–H and O–H groups in total. The first-order valence-corrected chi connectivity index (χ1v) is 12.5. The van der Waals surface area contributed by atoms with E-state index in [1.807, 2.05) is 12.1 Å². The number of hydrogen-bond donors (Lipinski definition) is 1. The smallest absolute Gasteiger partial charge is 0.303 e. The van der Waals surface area contributed by atoms with Crippen LogP contribution in [0.25, 0.3) is 16.2 Å². The van der Waals surface area contributed by atoms with Crippen LogP contribution >= 0.6 is 50.5 Å². The third-order valence-corrected chi connectivity index (χ3v) is 7.09. The zero-order valence-electron chi connectivity index (χ0n) is 17.7. The Morgan fingerprint density at radius 2 is 1.89 bits per heavy atom. The Morgan fingerprint density at radius 1 is 1.14 bits per heavy atom. The topological polar surface area (TPSA) is 77.1 Å². The number of nitrogens with one attached hydrogen (secondary N) is 1. The largest absolute Gasteiger partial charge is 0.433 e. The maximum Gasteiger partial charge on any atom is 0.433 e. The Balaban J connectivity index is 1.47. The van der Waals surface area contributed by atoms with Gasteiger partial charge in [-0.25, -0.2) is 9.50 Å². The second-order valence-electron chi connectivity index (χ2n) is 7.50. The van der Waals surface area contributed by atoms with E-state index in [1.54, 1.807) is 40.5 Å². The quantitative estimate of drug-likeness (QED) is 0.230. The predicted molar refractivity (Wildman–Crippen MR) is 135 cm³/mol. The monoisotopic (exact) mass is 614 g/mol. The summed E-state index contributed by atoms with van der Waals surface area (Å²) >= 11 is 16.8. The van der Waals surface area contributed by atoms with E-state index in [4.69, 9.17) is 23.2 Å². The standard InChI is InChI=1S/C22H12BrCl2F3N6OS/c23-13-10-33(9-11-3-5-12(24)6-4-11)32-19(13)30-21(35)18-17(25)20-29-14(15-2-1-7-36-15)8-16(22(26,27)28)34(20)31-18/h1-8,10H,9H2,(H,30,32,35). The highest BCUT2D eigenvalue weighted by Gasteiger charge is 2.37. The van der Waals surface area contributed by atoms with Crippen molar-refractivity contribution in [1.29, 1.82) is 0 Å². The van der Waals surface area contributed by atoms with Gasteiger partial charge < -0.3 is 5.32 Å². The van der Waals surface area contributed by atoms with Gasteiger partial charge in [0.25, 0.3) is 5.91 Å². The van der Waals surface area contributed by atoms with E-state index in [9.17, 15) is 18.0 Å². The molecule has 0 unspecified atom stereocenters. The number of carbonyl (C=O) groups excluding carboxylic acids is 1. The maximum absolute atomic E-state index is 13.8. The summed E-state index contributed by atoms with van der Waals surface area (Å²) in [6.45, 7) is 0.394. The molecule has 7 nitrogen and oxygen atoms in total. The van der Waals surface area contributed by atoms with E-state index in [-0.39, 0.29) is 22.2 Å². The van der Waals surface area contributed by atoms with Gasteiger partial charge in [-0.1, -0.05) is 41.4 Å². The first-order valence-electron chi connectivity index (χ1n) is 10.1. The van der Waals surface area contributed by atoms with Crippen molar-refractivity contribution in [3.63, 3.8) is 0 Å². The van der Waals surface area contributed by atoms with E-state index in [1.165, 1.54) is 11.3 Å². The summed E-state index contributed by atoms with van der Waals surface area (Å²) in [7, 11) is 0. The Morgan fingerprint density at radius 3 is 2.56 bits per heavy atom. The molecule has 0 spiro atoms. The van der Waals surface area contributed by atoms with Crippen molar-refractivity contribution in [2.45, 2.75) is 12.7 Å². The number of carbonyl (C=O) groups is 1. The van der Waals surface area contributed by atoms with Crippen molar-refractivity contribution in [2.24, 2.45) is 0 Å². The van der Waals surface area contributed by atoms with Crippen molar-refractivity contribution in [3.8, 4) is 10.6 Å². The van der Waals surface area contributed by atoms with Crippen molar-refractivity contribution in [1.82, 2.24) is 24.4 Å². The average molecular weight is 616 g/mol. The second kappa shape index (κ2) is 9.51. The lowest BCUT2D eigenvalue weighted by atomic mass is 10.2. The van der Waals surface area contributed by atoms with Gasteiger partial charge in [0.1, 0.15) is 5.02 Å². The first kappa shape index (κ1) is 24.8. The van der Waals surface area contributed by atoms with Gasteiger partial charge in [0.2, 0.25) is 0 Å². The van der Waals surface area contributed by atoms with Gasteiger partial charge in [0.15, 0.2) is 22.9 Å². The van der Waals surface area contributed by atoms with Gasteiger partial charge in [-0.3, -0.25) is 9.48 Å². The van der Waals surface area contributed by atoms with Crippen molar-refractivity contribution >= 4 is 67.8 Å². The van der Waals surface area contributed by atoms with Crippen LogP contribution in [0, 0.1) is 0 Å². The van der Waals surface area contributed by atoms with Gasteiger partial charge >= 0.3 is 6.18 Å². The second-order valence-corrected chi connectivity index (χ2v) is 10.1. The molecule has 14 heteroatoms. The SMILES string of the molecule is O=C(Nc1nn(Cc2ccc(Cl)cc2)cc1Br)c1nn2c(C(F)(F)F)cc(-c3cccs3)nc2c1Cl. The lowest BCUT2D eigenvalue weighted by Gasteiger charge is -2.10. The molecule has 0 saturated heterocycles. The minimum Gasteiger partial charge on any atom is -0.303 e. The van der Waals surface area contributed by atoms with E-state index >= 15 is 0 Å². The highest BCUT2D eigenvalue weighted by Crippen LogP contribution is 2.35. The fourth-order valence-corrected chi connectivity index (χ4v) is 4.87. The number of amides is 1. The number of nitrogens with zero attached hydrogens (tertiary/aromatic N) is 5. The molecular formula is C22H12BrCl2F3N6OS. The fraction of sp³-hybridized carbons (Fsp3) is 0.0909. The Kier molecular flexibility index (Phi) is 6.54. The molecule has 0 aliphatic rings. The Labute approximate surface area is 223 Å². The fourth-order valence-electron chi connectivity index (χ4n) is 3.40. The Hall–Kier alpha value is -2.93. The van der Waals surface area contributed by atoms with Crippen LogP contribution in [0.2, 0.25) is 10.0 Å². The van der Waals surface area contributed by atoms with Crippen LogP contribution < -0.4 is 5.32 Å². The van der Waals surface area contributed by atoms with Crippen LogP contribution in [-0.4, -0.2) is 30.3 Å². The molecule has 0 aliphatic heterocycles. The number of halogens is 6. The van der Waals surface area contributed by atoms with Crippen molar-refractivity contribution < 1.29 is 18.0 Å². The molecule has 4 aromatic heterocycles. The molecule has 0 saturated carbocycles. The summed E-state index contributed by atoms with van der Waals surface area (Å²) in [6, 6.07) is 11.4. The molecule has 0 aliphatic carbocycles. The van der Waals surface area contributed by atoms with Gasteiger partial charge in [-0.2, -0.15) is 23.4 Å². The van der Waals surface area contributed by atoms with Crippen LogP contribution in [-0.2, 0) is 12.7 Å². The number of aromatic nitrogens is 5. The number of fused-ring (bicyclic) bond motifs is 1.